The van der Waals surface area contributed by atoms with Crippen LogP contribution in [-0.2, 0) is 0 Å². The Morgan fingerprint density at radius 1 is 1.21 bits per heavy atom. The van der Waals surface area contributed by atoms with E-state index in [9.17, 15) is 0 Å². The summed E-state index contributed by atoms with van der Waals surface area (Å²) in [4.78, 5) is 0. The third-order valence-corrected chi connectivity index (χ3v) is 4.66. The Morgan fingerprint density at radius 2 is 1.84 bits per heavy atom. The quantitative estimate of drug-likeness (QED) is 0.830. The molecule has 1 atom stereocenters. The van der Waals surface area contributed by atoms with E-state index in [0.29, 0.717) is 12.1 Å². The summed E-state index contributed by atoms with van der Waals surface area (Å²) in [5.74, 6) is 0. The van der Waals surface area contributed by atoms with Crippen LogP contribution in [0.15, 0.2) is 0 Å². The van der Waals surface area contributed by atoms with Crippen molar-refractivity contribution in [3.05, 3.63) is 17.0 Å². The summed E-state index contributed by atoms with van der Waals surface area (Å²) in [7, 11) is 2.05. The highest BCUT2D eigenvalue weighted by molar-refractivity contribution is 5.28. The Labute approximate surface area is 117 Å². The van der Waals surface area contributed by atoms with E-state index in [0.717, 1.165) is 6.42 Å². The molecule has 1 aliphatic carbocycles. The number of aryl methyl sites for hydroxylation is 1. The first kappa shape index (κ1) is 14.6. The van der Waals surface area contributed by atoms with Crippen LogP contribution in [0.2, 0.25) is 0 Å². The molecular formula is C16H29N3. The van der Waals surface area contributed by atoms with Crippen molar-refractivity contribution >= 4 is 0 Å². The van der Waals surface area contributed by atoms with Crippen LogP contribution in [0.3, 0.4) is 0 Å². The lowest BCUT2D eigenvalue weighted by Crippen LogP contribution is -2.17. The number of nitrogens with one attached hydrogen (secondary N) is 1. The van der Waals surface area contributed by atoms with Crippen LogP contribution in [0.25, 0.3) is 0 Å². The van der Waals surface area contributed by atoms with E-state index in [1.54, 1.807) is 0 Å². The van der Waals surface area contributed by atoms with Gasteiger partial charge >= 0.3 is 0 Å². The van der Waals surface area contributed by atoms with E-state index in [4.69, 9.17) is 5.10 Å². The zero-order valence-electron chi connectivity index (χ0n) is 13.0. The lowest BCUT2D eigenvalue weighted by molar-refractivity contribution is 0.395. The van der Waals surface area contributed by atoms with E-state index in [-0.39, 0.29) is 0 Å². The highest BCUT2D eigenvalue weighted by atomic mass is 15.3. The normalized spacial score (nSPS) is 19.4. The molecule has 0 bridgehead atoms. The number of aromatic nitrogens is 2. The molecule has 3 nitrogen and oxygen atoms in total. The molecule has 2 rings (SSSR count). The third kappa shape index (κ3) is 3.02. The van der Waals surface area contributed by atoms with Crippen molar-refractivity contribution in [2.24, 2.45) is 0 Å². The maximum atomic E-state index is 4.87. The Balaban J connectivity index is 2.29. The van der Waals surface area contributed by atoms with Crippen molar-refractivity contribution < 1.29 is 0 Å². The molecule has 3 heteroatoms. The fourth-order valence-corrected chi connectivity index (χ4v) is 3.59. The van der Waals surface area contributed by atoms with Gasteiger partial charge in [0.1, 0.15) is 0 Å². The molecule has 19 heavy (non-hydrogen) atoms. The minimum absolute atomic E-state index is 0.444. The van der Waals surface area contributed by atoms with Crippen LogP contribution >= 0.6 is 0 Å². The molecule has 1 aliphatic rings. The van der Waals surface area contributed by atoms with Crippen LogP contribution in [0.1, 0.15) is 80.9 Å². The van der Waals surface area contributed by atoms with Gasteiger partial charge < -0.3 is 5.32 Å². The lowest BCUT2D eigenvalue weighted by Gasteiger charge is -2.19. The molecular weight excluding hydrogens is 234 g/mol. The second-order valence-corrected chi connectivity index (χ2v) is 5.92. The Morgan fingerprint density at radius 3 is 2.37 bits per heavy atom. The summed E-state index contributed by atoms with van der Waals surface area (Å²) in [6, 6.07) is 1.07. The van der Waals surface area contributed by atoms with Crippen LogP contribution in [-0.4, -0.2) is 16.8 Å². The average Bonchev–Trinajstić information content (AvgIpc) is 2.64. The first-order valence-corrected chi connectivity index (χ1v) is 7.91. The van der Waals surface area contributed by atoms with Gasteiger partial charge in [-0.15, -0.1) is 0 Å². The van der Waals surface area contributed by atoms with Gasteiger partial charge in [0.15, 0.2) is 0 Å². The predicted molar refractivity (Wildman–Crippen MR) is 80.5 cm³/mol. The van der Waals surface area contributed by atoms with E-state index in [2.05, 4.69) is 37.8 Å². The van der Waals surface area contributed by atoms with Gasteiger partial charge in [-0.1, -0.05) is 32.6 Å². The molecule has 1 saturated carbocycles. The van der Waals surface area contributed by atoms with Gasteiger partial charge in [0.05, 0.1) is 11.7 Å². The molecule has 1 fully saturated rings. The molecule has 0 aromatic carbocycles. The zero-order chi connectivity index (χ0) is 13.8. The number of hydrogen-bond donors (Lipinski definition) is 1. The molecule has 1 aromatic rings. The smallest absolute Gasteiger partial charge is 0.0644 e. The van der Waals surface area contributed by atoms with Gasteiger partial charge in [0.2, 0.25) is 0 Å². The minimum atomic E-state index is 0.444. The second kappa shape index (κ2) is 6.56. The molecule has 0 radical (unpaired) electrons. The van der Waals surface area contributed by atoms with E-state index in [1.165, 1.54) is 55.5 Å². The zero-order valence-corrected chi connectivity index (χ0v) is 13.0. The molecule has 1 heterocycles. The third-order valence-electron chi connectivity index (χ3n) is 4.66. The summed E-state index contributed by atoms with van der Waals surface area (Å²) < 4.78 is 2.33. The van der Waals surface area contributed by atoms with Gasteiger partial charge in [-0.25, -0.2) is 0 Å². The Kier molecular flexibility index (Phi) is 5.03. The Bertz CT molecular complexity index is 396. The lowest BCUT2D eigenvalue weighted by atomic mass is 10.0. The molecule has 0 aliphatic heterocycles. The van der Waals surface area contributed by atoms with Crippen molar-refractivity contribution in [1.82, 2.24) is 15.1 Å². The molecule has 0 amide bonds. The van der Waals surface area contributed by atoms with E-state index < -0.39 is 0 Å². The topological polar surface area (TPSA) is 29.9 Å². The molecule has 1 unspecified atom stereocenters. The molecule has 108 valence electrons. The van der Waals surface area contributed by atoms with Crippen molar-refractivity contribution in [2.75, 3.05) is 7.05 Å². The largest absolute Gasteiger partial charge is 0.313 e. The van der Waals surface area contributed by atoms with Gasteiger partial charge in [-0.3, -0.25) is 4.68 Å². The fourth-order valence-electron chi connectivity index (χ4n) is 3.59. The summed E-state index contributed by atoms with van der Waals surface area (Å²) in [5, 5.41) is 8.29. The first-order valence-electron chi connectivity index (χ1n) is 7.91. The van der Waals surface area contributed by atoms with E-state index >= 15 is 0 Å². The molecule has 1 N–H and O–H groups in total. The number of rotatable bonds is 4. The number of hydrogen-bond acceptors (Lipinski definition) is 2. The highest BCUT2D eigenvalue weighted by Gasteiger charge is 2.23. The summed E-state index contributed by atoms with van der Waals surface area (Å²) in [6.07, 6.45) is 9.25. The van der Waals surface area contributed by atoms with Crippen LogP contribution < -0.4 is 5.32 Å². The first-order chi connectivity index (χ1) is 9.19. The fraction of sp³-hybridized carbons (Fsp3) is 0.812. The predicted octanol–water partition coefficient (Wildman–Crippen LogP) is 4.07. The maximum absolute atomic E-state index is 4.87. The van der Waals surface area contributed by atoms with E-state index in [1.807, 2.05) is 0 Å². The van der Waals surface area contributed by atoms with Gasteiger partial charge in [0, 0.05) is 17.3 Å². The highest BCUT2D eigenvalue weighted by Crippen LogP contribution is 2.31. The van der Waals surface area contributed by atoms with Crippen LogP contribution in [0.4, 0.5) is 0 Å². The monoisotopic (exact) mass is 263 g/mol. The second-order valence-electron chi connectivity index (χ2n) is 5.92. The van der Waals surface area contributed by atoms with Gasteiger partial charge in [-0.2, -0.15) is 5.10 Å². The molecule has 1 aromatic heterocycles. The minimum Gasteiger partial charge on any atom is -0.313 e. The van der Waals surface area contributed by atoms with Crippen LogP contribution in [0, 0.1) is 13.8 Å². The molecule has 0 spiro atoms. The van der Waals surface area contributed by atoms with Gasteiger partial charge in [-0.05, 0) is 40.2 Å². The molecule has 0 saturated heterocycles. The van der Waals surface area contributed by atoms with Crippen molar-refractivity contribution in [2.45, 2.75) is 77.8 Å². The van der Waals surface area contributed by atoms with Gasteiger partial charge in [0.25, 0.3) is 0 Å². The maximum Gasteiger partial charge on any atom is 0.0644 e. The number of nitrogens with zero attached hydrogens (tertiary/aromatic N) is 2. The summed E-state index contributed by atoms with van der Waals surface area (Å²) in [6.45, 7) is 6.65. The van der Waals surface area contributed by atoms with Crippen molar-refractivity contribution in [1.29, 1.82) is 0 Å². The Hall–Kier alpha value is -0.830. The average molecular weight is 263 g/mol. The van der Waals surface area contributed by atoms with Crippen molar-refractivity contribution in [3.8, 4) is 0 Å². The SMILES string of the molecule is CCC(NC)c1c(C)nn(C2CCCCCC2)c1C. The summed E-state index contributed by atoms with van der Waals surface area (Å²) >= 11 is 0. The standard InChI is InChI=1S/C16H29N3/c1-5-15(17-4)16-12(2)18-19(13(16)3)14-10-8-6-7-9-11-14/h14-15,17H,5-11H2,1-4H3. The summed E-state index contributed by atoms with van der Waals surface area (Å²) in [5.41, 5.74) is 4.02. The van der Waals surface area contributed by atoms with Crippen molar-refractivity contribution in [3.63, 3.8) is 0 Å². The van der Waals surface area contributed by atoms with Crippen LogP contribution in [0.5, 0.6) is 0 Å².